The van der Waals surface area contributed by atoms with E-state index in [1.54, 1.807) is 6.92 Å². The van der Waals surface area contributed by atoms with Gasteiger partial charge in [-0.1, -0.05) is 53.5 Å². The lowest BCUT2D eigenvalue weighted by atomic mass is 10.4. The summed E-state index contributed by atoms with van der Waals surface area (Å²) in [6, 6.07) is 2.80. The van der Waals surface area contributed by atoms with E-state index in [4.69, 9.17) is 25.9 Å². The number of carbonyl (C=O) groups excluding carboxylic acids is 1. The summed E-state index contributed by atoms with van der Waals surface area (Å²) in [7, 11) is -10.4. The first-order chi connectivity index (χ1) is 15.3. The molecule has 1 fully saturated rings. The number of ether oxygens (including phenoxy) is 2. The fraction of sp³-hybridized carbons (Fsp3) is 0.864. The van der Waals surface area contributed by atoms with Crippen molar-refractivity contribution in [3.05, 3.63) is 12.2 Å². The molecule has 1 heterocycles. The molecule has 1 aliphatic heterocycles. The molecule has 0 bridgehead atoms. The van der Waals surface area contributed by atoms with E-state index >= 15 is 0 Å². The van der Waals surface area contributed by atoms with Gasteiger partial charge in [0.25, 0.3) is 0 Å². The van der Waals surface area contributed by atoms with Crippen molar-refractivity contribution >= 4 is 40.2 Å². The second-order valence-electron chi connectivity index (χ2n) is 9.80. The van der Waals surface area contributed by atoms with E-state index in [0.29, 0.717) is 5.57 Å². The average Bonchev–Trinajstić information content (AvgIpc) is 2.65. The minimum atomic E-state index is -2.86. The van der Waals surface area contributed by atoms with Crippen LogP contribution in [-0.2, 0) is 30.7 Å². The summed E-state index contributed by atoms with van der Waals surface area (Å²) in [5.41, 5.74) is 0.170. The molecule has 1 aliphatic rings. The zero-order valence-corrected chi connectivity index (χ0v) is 26.5. The van der Waals surface area contributed by atoms with Crippen molar-refractivity contribution in [3.63, 3.8) is 0 Å². The van der Waals surface area contributed by atoms with Crippen molar-refractivity contribution < 1.29 is 30.7 Å². The lowest BCUT2D eigenvalue weighted by Gasteiger charge is -2.52. The summed E-state index contributed by atoms with van der Waals surface area (Å²) in [5, 5.41) is 0. The Kier molecular flexibility index (Phi) is 12.4. The topological polar surface area (TPSA) is 72.5 Å². The first kappa shape index (κ1) is 30.9. The Morgan fingerprint density at radius 3 is 1.91 bits per heavy atom. The summed E-state index contributed by atoms with van der Waals surface area (Å²) in [6.07, 6.45) is 3.77. The molecule has 194 valence electrons. The molecule has 0 N–H and O–H groups in total. The van der Waals surface area contributed by atoms with Gasteiger partial charge in [0.1, 0.15) is 6.61 Å². The fourth-order valence-electron chi connectivity index (χ4n) is 4.72. The third kappa shape index (κ3) is 9.45. The first-order valence-electron chi connectivity index (χ1n) is 12.5. The highest BCUT2D eigenvalue weighted by molar-refractivity contribution is 6.94. The van der Waals surface area contributed by atoms with E-state index in [9.17, 15) is 4.79 Å². The van der Waals surface area contributed by atoms with Crippen LogP contribution in [0.25, 0.3) is 0 Å². The van der Waals surface area contributed by atoms with Gasteiger partial charge in [0, 0.05) is 5.57 Å². The van der Waals surface area contributed by atoms with Crippen molar-refractivity contribution in [3.8, 4) is 0 Å². The number of hydrogen-bond acceptors (Lipinski definition) is 7. The molecule has 0 amide bonds. The van der Waals surface area contributed by atoms with E-state index in [1.807, 2.05) is 0 Å². The van der Waals surface area contributed by atoms with E-state index < -0.39 is 40.2 Å². The summed E-state index contributed by atoms with van der Waals surface area (Å²) < 4.78 is 39.4. The molecule has 1 saturated heterocycles. The summed E-state index contributed by atoms with van der Waals surface area (Å²) in [4.78, 5) is 11.7. The maximum absolute atomic E-state index is 11.7. The van der Waals surface area contributed by atoms with E-state index in [2.05, 4.69) is 60.5 Å². The van der Waals surface area contributed by atoms with Gasteiger partial charge < -0.3 is 25.9 Å². The monoisotopic (exact) mass is 536 g/mol. The predicted molar refractivity (Wildman–Crippen MR) is 142 cm³/mol. The van der Waals surface area contributed by atoms with Crippen LogP contribution in [0.3, 0.4) is 0 Å². The fourth-order valence-corrected chi connectivity index (χ4v) is 28.4. The minimum absolute atomic E-state index is 0.175. The largest absolute Gasteiger partial charge is 0.460 e. The number of hydrogen-bond donors (Lipinski definition) is 0. The van der Waals surface area contributed by atoms with Gasteiger partial charge in [-0.2, -0.15) is 0 Å². The maximum atomic E-state index is 11.7. The Bertz CT molecular complexity index is 642. The van der Waals surface area contributed by atoms with Crippen molar-refractivity contribution in [2.24, 2.45) is 0 Å². The Labute approximate surface area is 206 Å². The molecule has 7 nitrogen and oxygen atoms in total. The summed E-state index contributed by atoms with van der Waals surface area (Å²) in [6.45, 7) is 22.9. The minimum Gasteiger partial charge on any atom is -0.460 e. The lowest BCUT2D eigenvalue weighted by molar-refractivity contribution is -0.140. The molecule has 0 saturated carbocycles. The molecule has 0 aliphatic carbocycles. The van der Waals surface area contributed by atoms with Crippen LogP contribution < -0.4 is 0 Å². The SMILES string of the molecule is C=C(C)C(=O)OCCOC(CC)[Si]1(C)O[Si](C)(C)O[Si](C)(CCC)O[Si](CCC)(CCC)O1. The predicted octanol–water partition coefficient (Wildman–Crippen LogP) is 6.04. The second kappa shape index (κ2) is 13.3. The molecule has 0 aromatic rings. The zero-order chi connectivity index (χ0) is 25.3. The second-order valence-corrected chi connectivity index (χ2v) is 24.1. The van der Waals surface area contributed by atoms with Crippen LogP contribution in [-0.4, -0.2) is 59.2 Å². The number of rotatable bonds is 13. The first-order valence-corrected chi connectivity index (χ1v) is 22.5. The van der Waals surface area contributed by atoms with Crippen molar-refractivity contribution in [2.75, 3.05) is 13.2 Å². The van der Waals surface area contributed by atoms with Crippen LogP contribution in [0.2, 0.25) is 44.3 Å². The highest BCUT2D eigenvalue weighted by atomic mass is 28.5. The van der Waals surface area contributed by atoms with Crippen LogP contribution >= 0.6 is 0 Å². The van der Waals surface area contributed by atoms with E-state index in [1.165, 1.54) is 0 Å². The smallest absolute Gasteiger partial charge is 0.347 e. The number of carbonyl (C=O) groups is 1. The third-order valence-corrected chi connectivity index (χ3v) is 24.9. The maximum Gasteiger partial charge on any atom is 0.347 e. The molecule has 3 unspecified atom stereocenters. The Morgan fingerprint density at radius 2 is 1.42 bits per heavy atom. The van der Waals surface area contributed by atoms with Gasteiger partial charge in [0.15, 0.2) is 0 Å². The van der Waals surface area contributed by atoms with E-state index in [-0.39, 0.29) is 18.9 Å². The quantitative estimate of drug-likeness (QED) is 0.123. The summed E-state index contributed by atoms with van der Waals surface area (Å²) in [5.74, 6) is -0.401. The van der Waals surface area contributed by atoms with Gasteiger partial charge in [-0.05, 0) is 57.7 Å². The summed E-state index contributed by atoms with van der Waals surface area (Å²) >= 11 is 0. The lowest BCUT2D eigenvalue weighted by Crippen LogP contribution is -2.70. The van der Waals surface area contributed by atoms with Crippen molar-refractivity contribution in [2.45, 2.75) is 110 Å². The molecule has 1 rings (SSSR count). The van der Waals surface area contributed by atoms with Gasteiger partial charge in [-0.3, -0.25) is 0 Å². The highest BCUT2D eigenvalue weighted by Gasteiger charge is 2.59. The van der Waals surface area contributed by atoms with E-state index in [0.717, 1.165) is 43.8 Å². The average molecular weight is 537 g/mol. The molecule has 0 aromatic carbocycles. The van der Waals surface area contributed by atoms with Crippen LogP contribution in [0, 0.1) is 0 Å². The molecular formula is C22H48O7Si4. The Hall–Kier alpha value is -0.122. The van der Waals surface area contributed by atoms with Gasteiger partial charge in [-0.15, -0.1) is 0 Å². The van der Waals surface area contributed by atoms with Crippen LogP contribution in [0.4, 0.5) is 0 Å². The number of esters is 1. The van der Waals surface area contributed by atoms with Gasteiger partial charge in [-0.25, -0.2) is 4.79 Å². The highest BCUT2D eigenvalue weighted by Crippen LogP contribution is 2.39. The Morgan fingerprint density at radius 1 is 0.848 bits per heavy atom. The van der Waals surface area contributed by atoms with Gasteiger partial charge in [0.05, 0.1) is 12.3 Å². The van der Waals surface area contributed by atoms with Gasteiger partial charge >= 0.3 is 40.2 Å². The van der Waals surface area contributed by atoms with Crippen LogP contribution in [0.1, 0.15) is 60.3 Å². The third-order valence-electron chi connectivity index (χ3n) is 5.61. The van der Waals surface area contributed by atoms with Crippen molar-refractivity contribution in [1.82, 2.24) is 0 Å². The van der Waals surface area contributed by atoms with Crippen LogP contribution in [0.5, 0.6) is 0 Å². The molecule has 0 radical (unpaired) electrons. The molecule has 11 heteroatoms. The molecule has 33 heavy (non-hydrogen) atoms. The Balaban J connectivity index is 3.23. The molecular weight excluding hydrogens is 489 g/mol. The van der Waals surface area contributed by atoms with Gasteiger partial charge in [0.2, 0.25) is 0 Å². The molecule has 0 aromatic heterocycles. The van der Waals surface area contributed by atoms with Crippen LogP contribution in [0.15, 0.2) is 12.2 Å². The molecule has 0 spiro atoms. The zero-order valence-electron chi connectivity index (χ0n) is 22.5. The van der Waals surface area contributed by atoms with Crippen molar-refractivity contribution in [1.29, 1.82) is 0 Å². The molecule has 3 atom stereocenters. The normalized spacial score (nSPS) is 27.9. The standard InChI is InChI=1S/C22H48O7Si4/c1-11-17-31(9)26-30(7,8)27-32(10,29-33(28-31,18-12-2)19-13-3)21(14-4)24-15-16-25-22(23)20(5)6/h21H,5,11-19H2,1-4,6-10H3.